The molecule has 20 heavy (non-hydrogen) atoms. The Morgan fingerprint density at radius 3 is 2.50 bits per heavy atom. The van der Waals surface area contributed by atoms with E-state index in [9.17, 15) is 0 Å². The topological polar surface area (TPSA) is 88.1 Å². The van der Waals surface area contributed by atoms with Crippen LogP contribution in [0.2, 0.25) is 0 Å². The molecule has 104 valence electrons. The van der Waals surface area contributed by atoms with Gasteiger partial charge in [0.15, 0.2) is 5.82 Å². The normalized spacial score (nSPS) is 10.1. The molecule has 0 aliphatic rings. The number of hydrogen-bond acceptors (Lipinski definition) is 5. The van der Waals surface area contributed by atoms with Gasteiger partial charge in [0.1, 0.15) is 17.3 Å². The van der Waals surface area contributed by atoms with Gasteiger partial charge in [0, 0.05) is 26.0 Å². The molecule has 0 aliphatic carbocycles. The molecule has 0 radical (unpaired) electrons. The minimum absolute atomic E-state index is 0.0883. The van der Waals surface area contributed by atoms with Gasteiger partial charge in [0.05, 0.1) is 7.11 Å². The molecule has 0 aliphatic heterocycles. The van der Waals surface area contributed by atoms with Crippen LogP contribution in [0, 0.1) is 5.41 Å². The van der Waals surface area contributed by atoms with Crippen molar-refractivity contribution in [3.8, 4) is 5.75 Å². The molecule has 1 aromatic heterocycles. The van der Waals surface area contributed by atoms with Gasteiger partial charge in [-0.1, -0.05) is 12.1 Å². The second kappa shape index (κ2) is 6.01. The van der Waals surface area contributed by atoms with Gasteiger partial charge < -0.3 is 15.4 Å². The zero-order chi connectivity index (χ0) is 14.5. The number of hydrogen-bond donors (Lipinski definition) is 2. The number of anilines is 1. The first kappa shape index (κ1) is 13.8. The third-order valence-electron chi connectivity index (χ3n) is 2.87. The average molecular weight is 271 g/mol. The van der Waals surface area contributed by atoms with Gasteiger partial charge >= 0.3 is 0 Å². The van der Waals surface area contributed by atoms with Crippen molar-refractivity contribution in [2.24, 2.45) is 5.73 Å². The van der Waals surface area contributed by atoms with Crippen LogP contribution in [0.5, 0.6) is 5.75 Å². The molecular formula is C14H17N5O. The highest BCUT2D eigenvalue weighted by atomic mass is 16.5. The maximum atomic E-state index is 7.53. The Morgan fingerprint density at radius 1 is 1.25 bits per heavy atom. The van der Waals surface area contributed by atoms with E-state index in [1.54, 1.807) is 13.3 Å². The molecule has 2 rings (SSSR count). The standard InChI is InChI=1S/C14H17N5O/c1-19(9-10-3-5-11(20-2)6-4-10)14-12(13(15)16)17-7-8-18-14/h3-8H,9H2,1-2H3,(H3,15,16). The van der Waals surface area contributed by atoms with Gasteiger partial charge in [0.2, 0.25) is 0 Å². The first-order valence-corrected chi connectivity index (χ1v) is 6.11. The second-order valence-electron chi connectivity index (χ2n) is 4.35. The number of nitrogen functional groups attached to an aromatic ring is 1. The SMILES string of the molecule is COc1ccc(CN(C)c2nccnc2C(=N)N)cc1. The van der Waals surface area contributed by atoms with Gasteiger partial charge in [-0.2, -0.15) is 0 Å². The van der Waals surface area contributed by atoms with Crippen molar-refractivity contribution in [3.05, 3.63) is 47.9 Å². The molecule has 3 N–H and O–H groups in total. The highest BCUT2D eigenvalue weighted by Crippen LogP contribution is 2.17. The third kappa shape index (κ3) is 3.03. The molecule has 6 nitrogen and oxygen atoms in total. The summed E-state index contributed by atoms with van der Waals surface area (Å²) in [4.78, 5) is 10.3. The Kier molecular flexibility index (Phi) is 4.14. The van der Waals surface area contributed by atoms with Crippen molar-refractivity contribution in [1.29, 1.82) is 5.41 Å². The second-order valence-corrected chi connectivity index (χ2v) is 4.35. The van der Waals surface area contributed by atoms with Crippen molar-refractivity contribution in [2.45, 2.75) is 6.54 Å². The van der Waals surface area contributed by atoms with Crippen LogP contribution in [0.15, 0.2) is 36.7 Å². The van der Waals surface area contributed by atoms with Crippen molar-refractivity contribution in [3.63, 3.8) is 0 Å². The fraction of sp³-hybridized carbons (Fsp3) is 0.214. The van der Waals surface area contributed by atoms with Crippen molar-refractivity contribution in [2.75, 3.05) is 19.1 Å². The lowest BCUT2D eigenvalue weighted by molar-refractivity contribution is 0.414. The summed E-state index contributed by atoms with van der Waals surface area (Å²) in [6, 6.07) is 7.79. The quantitative estimate of drug-likeness (QED) is 0.634. The monoisotopic (exact) mass is 271 g/mol. The van der Waals surface area contributed by atoms with E-state index in [1.165, 1.54) is 6.20 Å². The summed E-state index contributed by atoms with van der Waals surface area (Å²) >= 11 is 0. The Morgan fingerprint density at radius 2 is 1.90 bits per heavy atom. The zero-order valence-corrected chi connectivity index (χ0v) is 11.5. The minimum Gasteiger partial charge on any atom is -0.497 e. The molecule has 1 aromatic carbocycles. The summed E-state index contributed by atoms with van der Waals surface area (Å²) in [5.74, 6) is 1.32. The number of nitrogens with one attached hydrogen (secondary N) is 1. The number of methoxy groups -OCH3 is 1. The van der Waals surface area contributed by atoms with Crippen LogP contribution in [-0.4, -0.2) is 30.0 Å². The largest absolute Gasteiger partial charge is 0.497 e. The van der Waals surface area contributed by atoms with E-state index < -0.39 is 0 Å². The molecule has 2 aromatic rings. The van der Waals surface area contributed by atoms with E-state index in [0.717, 1.165) is 11.3 Å². The van der Waals surface area contributed by atoms with Crippen LogP contribution in [0.3, 0.4) is 0 Å². The van der Waals surface area contributed by atoms with Crippen molar-refractivity contribution >= 4 is 11.7 Å². The summed E-state index contributed by atoms with van der Waals surface area (Å²) in [6.07, 6.45) is 3.12. The lowest BCUT2D eigenvalue weighted by Crippen LogP contribution is -2.24. The highest BCUT2D eigenvalue weighted by Gasteiger charge is 2.12. The fourth-order valence-corrected chi connectivity index (χ4v) is 1.88. The summed E-state index contributed by atoms with van der Waals surface area (Å²) < 4.78 is 5.13. The Bertz CT molecular complexity index is 597. The van der Waals surface area contributed by atoms with E-state index in [-0.39, 0.29) is 5.84 Å². The predicted octanol–water partition coefficient (Wildman–Crippen LogP) is 1.41. The molecule has 1 heterocycles. The maximum Gasteiger partial charge on any atom is 0.158 e. The molecular weight excluding hydrogens is 254 g/mol. The fourth-order valence-electron chi connectivity index (χ4n) is 1.88. The van der Waals surface area contributed by atoms with Gasteiger partial charge in [-0.05, 0) is 17.7 Å². The molecule has 6 heteroatoms. The van der Waals surface area contributed by atoms with Crippen molar-refractivity contribution < 1.29 is 4.74 Å². The van der Waals surface area contributed by atoms with Crippen LogP contribution in [0.4, 0.5) is 5.82 Å². The molecule has 0 atom stereocenters. The first-order chi connectivity index (χ1) is 9.61. The van der Waals surface area contributed by atoms with Gasteiger partial charge in [-0.3, -0.25) is 5.41 Å². The lowest BCUT2D eigenvalue weighted by atomic mass is 10.2. The van der Waals surface area contributed by atoms with Crippen LogP contribution in [0.25, 0.3) is 0 Å². The Balaban J connectivity index is 2.19. The van der Waals surface area contributed by atoms with Gasteiger partial charge in [-0.25, -0.2) is 9.97 Å². The van der Waals surface area contributed by atoms with E-state index in [4.69, 9.17) is 15.9 Å². The molecule has 0 spiro atoms. The summed E-state index contributed by atoms with van der Waals surface area (Å²) in [6.45, 7) is 0.642. The number of benzene rings is 1. The summed E-state index contributed by atoms with van der Waals surface area (Å²) in [5.41, 5.74) is 7.02. The summed E-state index contributed by atoms with van der Waals surface area (Å²) in [5, 5.41) is 7.53. The summed E-state index contributed by atoms with van der Waals surface area (Å²) in [7, 11) is 3.53. The van der Waals surface area contributed by atoms with Crippen LogP contribution < -0.4 is 15.4 Å². The Hall–Kier alpha value is -2.63. The minimum atomic E-state index is -0.0883. The van der Waals surface area contributed by atoms with Crippen molar-refractivity contribution in [1.82, 2.24) is 9.97 Å². The first-order valence-electron chi connectivity index (χ1n) is 6.11. The smallest absolute Gasteiger partial charge is 0.158 e. The van der Waals surface area contributed by atoms with Crippen LogP contribution >= 0.6 is 0 Å². The zero-order valence-electron chi connectivity index (χ0n) is 11.5. The molecule has 0 fully saturated rings. The molecule has 0 unspecified atom stereocenters. The van der Waals surface area contributed by atoms with Gasteiger partial charge in [0.25, 0.3) is 0 Å². The number of nitrogens with zero attached hydrogens (tertiary/aromatic N) is 3. The van der Waals surface area contributed by atoms with E-state index in [1.807, 2.05) is 36.2 Å². The van der Waals surface area contributed by atoms with E-state index in [2.05, 4.69) is 9.97 Å². The number of nitrogens with two attached hydrogens (primary N) is 1. The molecule has 0 amide bonds. The maximum absolute atomic E-state index is 7.53. The van der Waals surface area contributed by atoms with E-state index >= 15 is 0 Å². The molecule has 0 saturated heterocycles. The van der Waals surface area contributed by atoms with E-state index in [0.29, 0.717) is 18.1 Å². The molecule has 0 saturated carbocycles. The van der Waals surface area contributed by atoms with Crippen LogP contribution in [0.1, 0.15) is 11.3 Å². The predicted molar refractivity (Wildman–Crippen MR) is 78.1 cm³/mol. The number of ether oxygens (including phenoxy) is 1. The average Bonchev–Trinajstić information content (AvgIpc) is 2.48. The highest BCUT2D eigenvalue weighted by molar-refractivity contribution is 5.97. The van der Waals surface area contributed by atoms with Crippen LogP contribution in [-0.2, 0) is 6.54 Å². The number of rotatable bonds is 5. The number of amidine groups is 1. The number of aromatic nitrogens is 2. The lowest BCUT2D eigenvalue weighted by Gasteiger charge is -2.20. The third-order valence-corrected chi connectivity index (χ3v) is 2.87. The Labute approximate surface area is 117 Å². The van der Waals surface area contributed by atoms with Gasteiger partial charge in [-0.15, -0.1) is 0 Å². The molecule has 0 bridgehead atoms.